The van der Waals surface area contributed by atoms with Crippen LogP contribution in [0.4, 0.5) is 4.79 Å². The number of esters is 1. The zero-order valence-electron chi connectivity index (χ0n) is 49.5. The number of hydrogen-bond acceptors (Lipinski definition) is 21. The highest BCUT2D eigenvalue weighted by molar-refractivity contribution is 6.39. The molecular formula is C60H93NO21. The van der Waals surface area contributed by atoms with Crippen LogP contribution in [-0.2, 0) is 66.6 Å². The molecule has 0 aromatic heterocycles. The lowest BCUT2D eigenvalue weighted by Gasteiger charge is -2.42. The number of carbonyl (C=O) groups is 6. The number of aliphatic hydroxyl groups is 6. The number of methoxy groups -OCH3 is 3. The molecule has 5 rings (SSSR count). The van der Waals surface area contributed by atoms with Crippen molar-refractivity contribution in [2.75, 3.05) is 47.7 Å². The van der Waals surface area contributed by atoms with Crippen molar-refractivity contribution >= 4 is 35.4 Å². The van der Waals surface area contributed by atoms with E-state index in [9.17, 15) is 59.4 Å². The maximum absolute atomic E-state index is 14.6. The van der Waals surface area contributed by atoms with Crippen LogP contribution in [-0.4, -0.2) is 204 Å². The van der Waals surface area contributed by atoms with E-state index in [1.807, 2.05) is 51.2 Å². The Bertz CT molecular complexity index is 2250. The SMILES string of the molecule is CO[C@H]1C[C@@H]2CC[C@@H](C)[C@@](O)(O2)C(=O)C(=O)N2CCCCC2C(=O)O[C@H]([C@H](C)C[C@H]2CC[C@@H](OCCOC(=O)O[C@@H]3O[C@H](CO)[C@@H](O)[C@H](O)[C@H]3O)[C@H](OC)C2)CC(=O)[C@H](C)/C=C(\C)[C@@H](O)[C@@H](OC)C(=O)[C@@H](C)C[C@H](C)\C=C/C=C/C=C/1C. The van der Waals surface area contributed by atoms with E-state index in [-0.39, 0.29) is 62.4 Å². The first-order valence-electron chi connectivity index (χ1n) is 29.1. The van der Waals surface area contributed by atoms with Gasteiger partial charge >= 0.3 is 12.1 Å². The maximum atomic E-state index is 14.6. The van der Waals surface area contributed by atoms with Gasteiger partial charge in [-0.05, 0) is 107 Å². The smallest absolute Gasteiger partial charge is 0.460 e. The summed E-state index contributed by atoms with van der Waals surface area (Å²) in [5.41, 5.74) is 1.19. The van der Waals surface area contributed by atoms with Crippen LogP contribution in [0.25, 0.3) is 0 Å². The van der Waals surface area contributed by atoms with E-state index in [2.05, 4.69) is 0 Å². The molecule has 3 saturated heterocycles. The summed E-state index contributed by atoms with van der Waals surface area (Å²) in [6, 6.07) is -1.22. The Morgan fingerprint density at radius 3 is 2.23 bits per heavy atom. The standard InChI is InChI=1S/C60H93NO21/c1-33-16-12-11-13-17-34(2)45(74-8)30-41-21-19-39(7)60(73,82-41)55(69)56(70)61-23-15-14-18-42(61)57(71)79-46(31-43(63)35(3)27-38(6)50(65)54(76-10)49(64)37(5)26-33)36(4)28-40-20-22-44(47(29-40)75-9)77-24-25-78-59(72)81-58-53(68)52(67)51(66)48(32-62)80-58/h11-13,16-17,27,33,35-37,39-42,44-48,50-54,58,62,65-68,73H,14-15,18-26,28-32H2,1-10H3/b13-11+,16-12-,34-17+,38-27+/t33-,35-,36-,37+,39-,40-,41+,42?,44-,45+,46+,47-,48-,50-,51-,52+,53-,54+,58+,60-/m1/s1. The molecule has 0 aromatic carbocycles. The zero-order valence-corrected chi connectivity index (χ0v) is 49.5. The third-order valence-electron chi connectivity index (χ3n) is 17.1. The normalized spacial score (nSPS) is 40.0. The number of aliphatic hydroxyl groups excluding tert-OH is 5. The molecule has 4 aliphatic heterocycles. The average Bonchev–Trinajstić information content (AvgIpc) is 3.58. The number of nitrogens with zero attached hydrogens (tertiary/aromatic N) is 1. The minimum absolute atomic E-state index is 0.0176. The number of ether oxygens (including phenoxy) is 9. The van der Waals surface area contributed by atoms with Crippen molar-refractivity contribution in [2.24, 2.45) is 35.5 Å². The molecule has 82 heavy (non-hydrogen) atoms. The number of allylic oxidation sites excluding steroid dienone is 6. The highest BCUT2D eigenvalue weighted by atomic mass is 16.8. The van der Waals surface area contributed by atoms with Crippen LogP contribution >= 0.6 is 0 Å². The van der Waals surface area contributed by atoms with Gasteiger partial charge in [0.25, 0.3) is 11.7 Å². The Kier molecular flexibility index (Phi) is 27.0. The van der Waals surface area contributed by atoms with Gasteiger partial charge in [0.05, 0.1) is 37.6 Å². The number of carbonyl (C=O) groups excluding carboxylic acids is 6. The number of piperidine rings is 1. The number of hydrogen-bond donors (Lipinski definition) is 6. The lowest BCUT2D eigenvalue weighted by atomic mass is 9.78. The van der Waals surface area contributed by atoms with E-state index < -0.39 is 139 Å². The average molecular weight is 1160 g/mol. The van der Waals surface area contributed by atoms with Crippen LogP contribution in [0, 0.1) is 35.5 Å². The summed E-state index contributed by atoms with van der Waals surface area (Å²) in [7, 11) is 4.45. The first-order chi connectivity index (χ1) is 38.9. The minimum Gasteiger partial charge on any atom is -0.460 e. The second-order valence-corrected chi connectivity index (χ2v) is 23.3. The summed E-state index contributed by atoms with van der Waals surface area (Å²) < 4.78 is 51.2. The predicted octanol–water partition coefficient (Wildman–Crippen LogP) is 4.16. The van der Waals surface area contributed by atoms with Gasteiger partial charge in [0, 0.05) is 58.5 Å². The molecule has 464 valence electrons. The summed E-state index contributed by atoms with van der Waals surface area (Å²) in [4.78, 5) is 85.2. The summed E-state index contributed by atoms with van der Waals surface area (Å²) >= 11 is 0. The van der Waals surface area contributed by atoms with Crippen LogP contribution in [0.1, 0.15) is 126 Å². The van der Waals surface area contributed by atoms with Crippen molar-refractivity contribution in [1.82, 2.24) is 4.90 Å². The molecule has 5 aliphatic rings. The fraction of sp³-hybridized carbons (Fsp3) is 0.767. The van der Waals surface area contributed by atoms with Crippen LogP contribution in [0.15, 0.2) is 47.6 Å². The molecule has 1 amide bonds. The molecule has 22 nitrogen and oxygen atoms in total. The summed E-state index contributed by atoms with van der Waals surface area (Å²) in [6.07, 6.45) is 0.676. The van der Waals surface area contributed by atoms with Crippen molar-refractivity contribution in [3.05, 3.63) is 47.6 Å². The van der Waals surface area contributed by atoms with E-state index in [0.717, 1.165) is 10.5 Å². The van der Waals surface area contributed by atoms with E-state index in [0.29, 0.717) is 63.4 Å². The Morgan fingerprint density at radius 2 is 1.55 bits per heavy atom. The van der Waals surface area contributed by atoms with Gasteiger partial charge in [-0.3, -0.25) is 19.2 Å². The molecule has 0 spiro atoms. The van der Waals surface area contributed by atoms with Crippen molar-refractivity contribution in [1.29, 1.82) is 0 Å². The van der Waals surface area contributed by atoms with Gasteiger partial charge in [0.1, 0.15) is 61.2 Å². The molecule has 6 N–H and O–H groups in total. The van der Waals surface area contributed by atoms with Gasteiger partial charge in [0.15, 0.2) is 5.78 Å². The van der Waals surface area contributed by atoms with Gasteiger partial charge in [-0.2, -0.15) is 0 Å². The van der Waals surface area contributed by atoms with E-state index >= 15 is 0 Å². The number of Topliss-reactive ketones (excluding diaryl/α,β-unsaturated/α-hetero) is 3. The minimum atomic E-state index is -2.49. The fourth-order valence-electron chi connectivity index (χ4n) is 11.9. The number of fused-ring (bicyclic) bond motifs is 3. The number of ketones is 3. The molecule has 1 saturated carbocycles. The largest absolute Gasteiger partial charge is 0.510 e. The molecule has 20 atom stereocenters. The Morgan fingerprint density at radius 1 is 0.817 bits per heavy atom. The third-order valence-corrected chi connectivity index (χ3v) is 17.1. The molecule has 2 bridgehead atoms. The summed E-state index contributed by atoms with van der Waals surface area (Å²) in [6.45, 7) is 11.4. The van der Waals surface area contributed by atoms with E-state index in [1.54, 1.807) is 40.9 Å². The highest BCUT2D eigenvalue weighted by Crippen LogP contribution is 2.38. The molecule has 22 heteroatoms. The van der Waals surface area contributed by atoms with Crippen molar-refractivity contribution in [2.45, 2.75) is 211 Å². The molecule has 0 aromatic rings. The van der Waals surface area contributed by atoms with E-state index in [1.165, 1.54) is 14.2 Å². The third kappa shape index (κ3) is 18.1. The van der Waals surface area contributed by atoms with Gasteiger partial charge < -0.3 is 78.2 Å². The Balaban J connectivity index is 1.35. The topological polar surface area (TPSA) is 310 Å². The maximum Gasteiger partial charge on any atom is 0.510 e. The lowest BCUT2D eigenvalue weighted by molar-refractivity contribution is -0.288. The highest BCUT2D eigenvalue weighted by Gasteiger charge is 2.53. The van der Waals surface area contributed by atoms with Crippen LogP contribution in [0.2, 0.25) is 0 Å². The predicted molar refractivity (Wildman–Crippen MR) is 295 cm³/mol. The summed E-state index contributed by atoms with van der Waals surface area (Å²) in [5.74, 6) is -8.73. The van der Waals surface area contributed by atoms with Crippen molar-refractivity contribution in [3.8, 4) is 0 Å². The van der Waals surface area contributed by atoms with Gasteiger partial charge in [0.2, 0.25) is 12.1 Å². The second kappa shape index (κ2) is 32.3. The molecular weight excluding hydrogens is 1070 g/mol. The monoisotopic (exact) mass is 1160 g/mol. The molecule has 1 unspecified atom stereocenters. The second-order valence-electron chi connectivity index (χ2n) is 23.3. The fourth-order valence-corrected chi connectivity index (χ4v) is 11.9. The zero-order chi connectivity index (χ0) is 60.6. The van der Waals surface area contributed by atoms with Crippen molar-refractivity contribution < 1.29 is 102 Å². The van der Waals surface area contributed by atoms with Crippen LogP contribution in [0.3, 0.4) is 0 Å². The van der Waals surface area contributed by atoms with Gasteiger partial charge in [-0.25, -0.2) is 9.59 Å². The number of cyclic esters (lactones) is 1. The van der Waals surface area contributed by atoms with Crippen LogP contribution in [0.5, 0.6) is 0 Å². The molecule has 0 radical (unpaired) electrons. The van der Waals surface area contributed by atoms with Gasteiger partial charge in [-0.15, -0.1) is 0 Å². The lowest BCUT2D eigenvalue weighted by Crippen LogP contribution is -2.61. The van der Waals surface area contributed by atoms with Crippen molar-refractivity contribution in [3.63, 3.8) is 0 Å². The molecule has 4 heterocycles. The Hall–Kier alpha value is -4.30. The van der Waals surface area contributed by atoms with E-state index in [4.69, 9.17) is 42.6 Å². The van der Waals surface area contributed by atoms with Crippen LogP contribution < -0.4 is 0 Å². The van der Waals surface area contributed by atoms with Gasteiger partial charge in [-0.1, -0.05) is 71.1 Å². The number of rotatable bonds is 12. The quantitative estimate of drug-likeness (QED) is 0.0692. The number of amides is 1. The Labute approximate surface area is 482 Å². The summed E-state index contributed by atoms with van der Waals surface area (Å²) in [5, 5.41) is 63.3. The molecule has 4 fully saturated rings. The molecule has 1 aliphatic carbocycles. The first-order valence-corrected chi connectivity index (χ1v) is 29.1. The first kappa shape index (κ1) is 68.5.